The topological polar surface area (TPSA) is 123 Å². The number of ether oxygens (including phenoxy) is 1. The normalized spacial score (nSPS) is 13.0. The zero-order chi connectivity index (χ0) is 24.2. The average molecular weight is 463 g/mol. The molecule has 1 aromatic heterocycles. The van der Waals surface area contributed by atoms with Crippen molar-refractivity contribution >= 4 is 23.8 Å². The van der Waals surface area contributed by atoms with Crippen LogP contribution < -0.4 is 10.6 Å². The van der Waals surface area contributed by atoms with Crippen LogP contribution >= 0.6 is 0 Å². The number of nitrogens with one attached hydrogen (secondary N) is 2. The number of anilines is 1. The molecule has 0 bridgehead atoms. The molecule has 176 valence electrons. The van der Waals surface area contributed by atoms with Gasteiger partial charge >= 0.3 is 12.1 Å². The van der Waals surface area contributed by atoms with Crippen molar-refractivity contribution < 1.29 is 24.2 Å². The molecule has 0 spiro atoms. The van der Waals surface area contributed by atoms with E-state index in [0.29, 0.717) is 6.42 Å². The van der Waals surface area contributed by atoms with E-state index >= 15 is 0 Å². The molecular formula is C25H26N4O5. The Morgan fingerprint density at radius 3 is 2.26 bits per heavy atom. The Morgan fingerprint density at radius 2 is 1.71 bits per heavy atom. The third-order valence-electron chi connectivity index (χ3n) is 6.05. The molecule has 2 aromatic carbocycles. The average Bonchev–Trinajstić information content (AvgIpc) is 3.35. The van der Waals surface area contributed by atoms with Gasteiger partial charge < -0.3 is 20.5 Å². The van der Waals surface area contributed by atoms with Gasteiger partial charge in [0.2, 0.25) is 5.91 Å². The lowest BCUT2D eigenvalue weighted by Gasteiger charge is -2.17. The first-order valence-corrected chi connectivity index (χ1v) is 11.1. The van der Waals surface area contributed by atoms with E-state index in [1.54, 1.807) is 0 Å². The largest absolute Gasteiger partial charge is 0.477 e. The number of carboxylic acids is 1. The monoisotopic (exact) mass is 462 g/mol. The van der Waals surface area contributed by atoms with Gasteiger partial charge in [0.25, 0.3) is 0 Å². The molecule has 9 nitrogen and oxygen atoms in total. The highest BCUT2D eigenvalue weighted by atomic mass is 16.5. The molecule has 0 fully saturated rings. The van der Waals surface area contributed by atoms with Crippen LogP contribution in [-0.4, -0.2) is 46.0 Å². The number of alkyl carbamates (subject to hydrolysis) is 1. The molecule has 1 unspecified atom stereocenters. The van der Waals surface area contributed by atoms with E-state index in [0.717, 1.165) is 22.3 Å². The van der Waals surface area contributed by atoms with E-state index in [-0.39, 0.29) is 36.5 Å². The van der Waals surface area contributed by atoms with Gasteiger partial charge in [0.1, 0.15) is 12.3 Å². The SMILES string of the molecule is CCC(CNC(=O)OCC1c2ccccc2-c2ccccc21)C(=O)Nc1cc(C(=O)O)n(C)n1. The van der Waals surface area contributed by atoms with Gasteiger partial charge in [0.05, 0.1) is 5.92 Å². The summed E-state index contributed by atoms with van der Waals surface area (Å²) < 4.78 is 6.69. The van der Waals surface area contributed by atoms with Crippen LogP contribution in [0.3, 0.4) is 0 Å². The zero-order valence-electron chi connectivity index (χ0n) is 18.9. The summed E-state index contributed by atoms with van der Waals surface area (Å²) in [5, 5.41) is 18.4. The molecule has 3 N–H and O–H groups in total. The van der Waals surface area contributed by atoms with Crippen molar-refractivity contribution in [3.63, 3.8) is 0 Å². The Bertz CT molecular complexity index is 1190. The number of fused-ring (bicyclic) bond motifs is 3. The molecule has 0 saturated heterocycles. The summed E-state index contributed by atoms with van der Waals surface area (Å²) in [4.78, 5) is 36.1. The van der Waals surface area contributed by atoms with Crippen LogP contribution in [0.1, 0.15) is 40.9 Å². The number of aromatic carboxylic acids is 1. The van der Waals surface area contributed by atoms with E-state index in [1.807, 2.05) is 43.3 Å². The Kier molecular flexibility index (Phi) is 6.62. The van der Waals surface area contributed by atoms with Crippen LogP contribution in [0.2, 0.25) is 0 Å². The second kappa shape index (κ2) is 9.78. The number of aromatic nitrogens is 2. The Morgan fingerprint density at radius 1 is 1.09 bits per heavy atom. The van der Waals surface area contributed by atoms with Crippen molar-refractivity contribution in [2.45, 2.75) is 19.3 Å². The van der Waals surface area contributed by atoms with Crippen LogP contribution in [0.5, 0.6) is 0 Å². The highest BCUT2D eigenvalue weighted by Crippen LogP contribution is 2.44. The van der Waals surface area contributed by atoms with Gasteiger partial charge in [-0.1, -0.05) is 55.5 Å². The van der Waals surface area contributed by atoms with Crippen LogP contribution in [0.25, 0.3) is 11.1 Å². The second-order valence-electron chi connectivity index (χ2n) is 8.14. The Labute approximate surface area is 196 Å². The molecule has 0 radical (unpaired) electrons. The summed E-state index contributed by atoms with van der Waals surface area (Å²) in [6.45, 7) is 2.09. The fourth-order valence-electron chi connectivity index (χ4n) is 4.24. The summed E-state index contributed by atoms with van der Waals surface area (Å²) in [5.41, 5.74) is 4.50. The molecule has 1 heterocycles. The maximum Gasteiger partial charge on any atom is 0.407 e. The van der Waals surface area contributed by atoms with Crippen molar-refractivity contribution in [3.05, 3.63) is 71.4 Å². The molecular weight excluding hydrogens is 436 g/mol. The number of nitrogens with zero attached hydrogens (tertiary/aromatic N) is 2. The summed E-state index contributed by atoms with van der Waals surface area (Å²) in [7, 11) is 1.48. The minimum absolute atomic E-state index is 0.0416. The summed E-state index contributed by atoms with van der Waals surface area (Å²) in [6, 6.07) is 17.5. The van der Waals surface area contributed by atoms with Gasteiger partial charge in [-0.3, -0.25) is 9.48 Å². The molecule has 0 saturated carbocycles. The number of rotatable bonds is 8. The Balaban J connectivity index is 1.32. The number of amides is 2. The van der Waals surface area contributed by atoms with Crippen molar-refractivity contribution in [1.82, 2.24) is 15.1 Å². The highest BCUT2D eigenvalue weighted by molar-refractivity contribution is 5.94. The van der Waals surface area contributed by atoms with Crippen LogP contribution in [-0.2, 0) is 16.6 Å². The predicted molar refractivity (Wildman–Crippen MR) is 126 cm³/mol. The van der Waals surface area contributed by atoms with E-state index < -0.39 is 18.0 Å². The fourth-order valence-corrected chi connectivity index (χ4v) is 4.24. The van der Waals surface area contributed by atoms with Crippen LogP contribution in [0.15, 0.2) is 54.6 Å². The number of carbonyl (C=O) groups is 3. The van der Waals surface area contributed by atoms with Crippen molar-refractivity contribution in [2.75, 3.05) is 18.5 Å². The first-order valence-electron chi connectivity index (χ1n) is 11.1. The first-order chi connectivity index (χ1) is 16.4. The lowest BCUT2D eigenvalue weighted by Crippen LogP contribution is -2.36. The van der Waals surface area contributed by atoms with E-state index in [1.165, 1.54) is 17.8 Å². The second-order valence-corrected chi connectivity index (χ2v) is 8.14. The van der Waals surface area contributed by atoms with Crippen molar-refractivity contribution in [1.29, 1.82) is 0 Å². The molecule has 1 aliphatic carbocycles. The maximum absolute atomic E-state index is 12.6. The van der Waals surface area contributed by atoms with Gasteiger partial charge in [0, 0.05) is 25.6 Å². The molecule has 3 aromatic rings. The van der Waals surface area contributed by atoms with Gasteiger partial charge in [-0.2, -0.15) is 5.10 Å². The summed E-state index contributed by atoms with van der Waals surface area (Å²) in [6.07, 6.45) is -0.132. The van der Waals surface area contributed by atoms with Crippen LogP contribution in [0, 0.1) is 5.92 Å². The first kappa shape index (κ1) is 23.0. The lowest BCUT2D eigenvalue weighted by atomic mass is 9.98. The zero-order valence-corrected chi connectivity index (χ0v) is 18.9. The number of hydrogen-bond donors (Lipinski definition) is 3. The molecule has 0 aliphatic heterocycles. The highest BCUT2D eigenvalue weighted by Gasteiger charge is 2.29. The lowest BCUT2D eigenvalue weighted by molar-refractivity contribution is -0.119. The number of carboxylic acid groups (broad SMARTS) is 1. The summed E-state index contributed by atoms with van der Waals surface area (Å²) >= 11 is 0. The van der Waals surface area contributed by atoms with E-state index in [9.17, 15) is 14.4 Å². The Hall–Kier alpha value is -4.14. The molecule has 2 amide bonds. The van der Waals surface area contributed by atoms with Crippen LogP contribution in [0.4, 0.5) is 10.6 Å². The maximum atomic E-state index is 12.6. The fraction of sp³-hybridized carbons (Fsp3) is 0.280. The van der Waals surface area contributed by atoms with Crippen molar-refractivity contribution in [2.24, 2.45) is 13.0 Å². The molecule has 1 aliphatic rings. The minimum Gasteiger partial charge on any atom is -0.477 e. The number of benzene rings is 2. The molecule has 1 atom stereocenters. The van der Waals surface area contributed by atoms with Gasteiger partial charge in [-0.25, -0.2) is 9.59 Å². The molecule has 4 rings (SSSR count). The predicted octanol–water partition coefficient (Wildman–Crippen LogP) is 3.62. The van der Waals surface area contributed by atoms with Gasteiger partial charge in [0.15, 0.2) is 5.82 Å². The van der Waals surface area contributed by atoms with Crippen molar-refractivity contribution in [3.8, 4) is 11.1 Å². The minimum atomic E-state index is -1.14. The quantitative estimate of drug-likeness (QED) is 0.470. The standard InChI is InChI=1S/C25H26N4O5/c1-3-15(23(30)27-22-12-21(24(31)32)29(2)28-22)13-26-25(33)34-14-20-18-10-6-4-8-16(18)17-9-5-7-11-19(17)20/h4-12,15,20H,3,13-14H2,1-2H3,(H,26,33)(H,31,32)(H,27,28,30). The summed E-state index contributed by atoms with van der Waals surface area (Å²) in [5.74, 6) is -1.94. The van der Waals surface area contributed by atoms with Gasteiger partial charge in [-0.15, -0.1) is 0 Å². The smallest absolute Gasteiger partial charge is 0.407 e. The molecule has 34 heavy (non-hydrogen) atoms. The number of aryl methyl sites for hydroxylation is 1. The van der Waals surface area contributed by atoms with E-state index in [4.69, 9.17) is 9.84 Å². The molecule has 9 heteroatoms. The third kappa shape index (κ3) is 4.63. The number of hydrogen-bond acceptors (Lipinski definition) is 5. The number of carbonyl (C=O) groups excluding carboxylic acids is 2. The third-order valence-corrected chi connectivity index (χ3v) is 6.05. The van der Waals surface area contributed by atoms with Gasteiger partial charge in [-0.05, 0) is 28.7 Å². The van der Waals surface area contributed by atoms with E-state index in [2.05, 4.69) is 27.9 Å².